The quantitative estimate of drug-likeness (QED) is 0.534. The first kappa shape index (κ1) is 16.5. The molecule has 4 aromatic rings. The fourth-order valence-corrected chi connectivity index (χ4v) is 3.67. The molecule has 0 spiro atoms. The Bertz CT molecular complexity index is 1080. The molecule has 1 aliphatic rings. The van der Waals surface area contributed by atoms with E-state index in [2.05, 4.69) is 47.0 Å². The Kier molecular flexibility index (Phi) is 4.04. The van der Waals surface area contributed by atoms with Crippen LogP contribution in [0.5, 0.6) is 0 Å². The Balaban J connectivity index is 1.44. The largest absolute Gasteiger partial charge is 0.369 e. The zero-order valence-electron chi connectivity index (χ0n) is 15.4. The molecule has 1 atom stereocenters. The van der Waals surface area contributed by atoms with Crippen LogP contribution in [0.15, 0.2) is 55.5 Å². The lowest BCUT2D eigenvalue weighted by molar-refractivity contribution is 0.684. The summed E-state index contributed by atoms with van der Waals surface area (Å²) in [6.07, 6.45) is 13.3. The number of aromatic nitrogens is 7. The average molecular weight is 373 g/mol. The van der Waals surface area contributed by atoms with Gasteiger partial charge in [-0.1, -0.05) is 0 Å². The zero-order chi connectivity index (χ0) is 18.9. The first-order valence-corrected chi connectivity index (χ1v) is 9.15. The third-order valence-electron chi connectivity index (χ3n) is 5.17. The molecule has 0 radical (unpaired) electrons. The predicted molar refractivity (Wildman–Crippen MR) is 105 cm³/mol. The molecule has 0 aromatic carbocycles. The van der Waals surface area contributed by atoms with Gasteiger partial charge in [0.25, 0.3) is 0 Å². The highest BCUT2D eigenvalue weighted by atomic mass is 15.3. The van der Waals surface area contributed by atoms with Gasteiger partial charge in [-0.05, 0) is 18.6 Å². The molecule has 0 bridgehead atoms. The van der Waals surface area contributed by atoms with Gasteiger partial charge in [0.2, 0.25) is 5.65 Å². The van der Waals surface area contributed by atoms with E-state index in [1.54, 1.807) is 24.8 Å². The fraction of sp³-hybridized carbons (Fsp3) is 0.263. The van der Waals surface area contributed by atoms with E-state index in [0.717, 1.165) is 25.3 Å². The SMILES string of the molecule is CN(c1nccn2c(-c3cnccn3)nnc12)C1CCN(c2ccncc2)C1. The van der Waals surface area contributed by atoms with Crippen molar-refractivity contribution in [3.8, 4) is 11.5 Å². The second-order valence-corrected chi connectivity index (χ2v) is 6.76. The maximum absolute atomic E-state index is 4.59. The molecular formula is C19H19N9. The lowest BCUT2D eigenvalue weighted by Gasteiger charge is -2.26. The van der Waals surface area contributed by atoms with Crippen LogP contribution in [0.3, 0.4) is 0 Å². The minimum absolute atomic E-state index is 0.337. The summed E-state index contributed by atoms with van der Waals surface area (Å²) in [5.74, 6) is 1.47. The van der Waals surface area contributed by atoms with Crippen molar-refractivity contribution in [3.05, 3.63) is 55.5 Å². The molecular weight excluding hydrogens is 354 g/mol. The topological polar surface area (TPSA) is 88.2 Å². The van der Waals surface area contributed by atoms with E-state index in [4.69, 9.17) is 0 Å². The van der Waals surface area contributed by atoms with Crippen molar-refractivity contribution in [2.45, 2.75) is 12.5 Å². The van der Waals surface area contributed by atoms with Crippen LogP contribution in [0.2, 0.25) is 0 Å². The Morgan fingerprint density at radius 1 is 1.00 bits per heavy atom. The molecule has 1 saturated heterocycles. The highest BCUT2D eigenvalue weighted by molar-refractivity contribution is 5.67. The van der Waals surface area contributed by atoms with Crippen molar-refractivity contribution in [2.24, 2.45) is 0 Å². The molecule has 5 rings (SSSR count). The number of nitrogens with zero attached hydrogens (tertiary/aromatic N) is 9. The molecule has 0 aliphatic carbocycles. The average Bonchev–Trinajstić information content (AvgIpc) is 3.42. The van der Waals surface area contributed by atoms with Crippen molar-refractivity contribution in [1.82, 2.24) is 34.5 Å². The molecule has 0 saturated carbocycles. The molecule has 1 unspecified atom stereocenters. The van der Waals surface area contributed by atoms with Crippen LogP contribution in [0.25, 0.3) is 17.2 Å². The zero-order valence-corrected chi connectivity index (χ0v) is 15.4. The summed E-state index contributed by atoms with van der Waals surface area (Å²) in [5, 5.41) is 8.71. The summed E-state index contributed by atoms with van der Waals surface area (Å²) in [6, 6.07) is 4.43. The van der Waals surface area contributed by atoms with E-state index in [1.165, 1.54) is 5.69 Å². The van der Waals surface area contributed by atoms with Gasteiger partial charge in [0, 0.05) is 69.0 Å². The fourth-order valence-electron chi connectivity index (χ4n) is 3.67. The van der Waals surface area contributed by atoms with Gasteiger partial charge >= 0.3 is 0 Å². The Hall–Kier alpha value is -3.62. The highest BCUT2D eigenvalue weighted by Crippen LogP contribution is 2.27. The maximum atomic E-state index is 4.59. The number of hydrogen-bond donors (Lipinski definition) is 0. The third kappa shape index (κ3) is 2.81. The van der Waals surface area contributed by atoms with Crippen molar-refractivity contribution >= 4 is 17.2 Å². The van der Waals surface area contributed by atoms with Crippen molar-refractivity contribution < 1.29 is 0 Å². The van der Waals surface area contributed by atoms with Crippen LogP contribution in [-0.2, 0) is 0 Å². The molecule has 0 amide bonds. The van der Waals surface area contributed by atoms with E-state index in [9.17, 15) is 0 Å². The van der Waals surface area contributed by atoms with Crippen LogP contribution in [-0.4, -0.2) is 60.7 Å². The summed E-state index contributed by atoms with van der Waals surface area (Å²) >= 11 is 0. The number of likely N-dealkylation sites (N-methyl/N-ethyl adjacent to an activating group) is 1. The molecule has 9 nitrogen and oxygen atoms in total. The summed E-state index contributed by atoms with van der Waals surface area (Å²) < 4.78 is 1.92. The van der Waals surface area contributed by atoms with Gasteiger partial charge in [-0.2, -0.15) is 0 Å². The second kappa shape index (κ2) is 6.84. The molecule has 4 aromatic heterocycles. The Labute approximate surface area is 161 Å². The van der Waals surface area contributed by atoms with Crippen LogP contribution < -0.4 is 9.80 Å². The summed E-state index contributed by atoms with van der Waals surface area (Å²) in [5.41, 5.74) is 2.59. The monoisotopic (exact) mass is 373 g/mol. The van der Waals surface area contributed by atoms with Crippen molar-refractivity contribution in [3.63, 3.8) is 0 Å². The maximum Gasteiger partial charge on any atom is 0.204 e. The van der Waals surface area contributed by atoms with Gasteiger partial charge in [0.1, 0.15) is 5.69 Å². The van der Waals surface area contributed by atoms with E-state index in [1.807, 2.05) is 35.1 Å². The predicted octanol–water partition coefficient (Wildman–Crippen LogP) is 1.69. The van der Waals surface area contributed by atoms with E-state index < -0.39 is 0 Å². The second-order valence-electron chi connectivity index (χ2n) is 6.76. The summed E-state index contributed by atoms with van der Waals surface area (Å²) in [6.45, 7) is 1.92. The van der Waals surface area contributed by atoms with Crippen LogP contribution in [0.1, 0.15) is 6.42 Å². The number of pyridine rings is 1. The smallest absolute Gasteiger partial charge is 0.204 e. The lowest BCUT2D eigenvalue weighted by atomic mass is 10.2. The molecule has 28 heavy (non-hydrogen) atoms. The van der Waals surface area contributed by atoms with Crippen LogP contribution >= 0.6 is 0 Å². The first-order chi connectivity index (χ1) is 13.8. The minimum Gasteiger partial charge on any atom is -0.369 e. The van der Waals surface area contributed by atoms with Gasteiger partial charge < -0.3 is 9.80 Å². The van der Waals surface area contributed by atoms with E-state index in [0.29, 0.717) is 23.2 Å². The summed E-state index contributed by atoms with van der Waals surface area (Å²) in [4.78, 5) is 21.7. The van der Waals surface area contributed by atoms with Crippen molar-refractivity contribution in [2.75, 3.05) is 29.9 Å². The molecule has 140 valence electrons. The minimum atomic E-state index is 0.337. The first-order valence-electron chi connectivity index (χ1n) is 9.15. The van der Waals surface area contributed by atoms with Gasteiger partial charge in [0.05, 0.1) is 6.20 Å². The standard InChI is InChI=1S/C19H19N9/c1-26(15-4-10-27(13-15)14-2-5-20-6-3-14)18-19-25-24-17(28(19)11-9-23-18)16-12-21-7-8-22-16/h2-3,5-9,11-12,15H,4,10,13H2,1H3. The van der Waals surface area contributed by atoms with E-state index >= 15 is 0 Å². The number of hydrogen-bond acceptors (Lipinski definition) is 8. The number of fused-ring (bicyclic) bond motifs is 1. The third-order valence-corrected chi connectivity index (χ3v) is 5.17. The van der Waals surface area contributed by atoms with Crippen LogP contribution in [0.4, 0.5) is 11.5 Å². The van der Waals surface area contributed by atoms with Gasteiger partial charge in [-0.25, -0.2) is 9.97 Å². The molecule has 1 aliphatic heterocycles. The lowest BCUT2D eigenvalue weighted by Crippen LogP contribution is -2.35. The van der Waals surface area contributed by atoms with E-state index in [-0.39, 0.29) is 0 Å². The Morgan fingerprint density at radius 2 is 1.89 bits per heavy atom. The number of anilines is 2. The molecule has 9 heteroatoms. The number of rotatable bonds is 4. The highest BCUT2D eigenvalue weighted by Gasteiger charge is 2.28. The van der Waals surface area contributed by atoms with Gasteiger partial charge in [-0.15, -0.1) is 10.2 Å². The van der Waals surface area contributed by atoms with Gasteiger partial charge in [-0.3, -0.25) is 14.4 Å². The van der Waals surface area contributed by atoms with Crippen LogP contribution in [0, 0.1) is 0 Å². The molecule has 0 N–H and O–H groups in total. The van der Waals surface area contributed by atoms with Gasteiger partial charge in [0.15, 0.2) is 11.6 Å². The molecule has 1 fully saturated rings. The summed E-state index contributed by atoms with van der Waals surface area (Å²) in [7, 11) is 2.07. The van der Waals surface area contributed by atoms with Crippen molar-refractivity contribution in [1.29, 1.82) is 0 Å². The molecule has 5 heterocycles. The Morgan fingerprint density at radius 3 is 2.71 bits per heavy atom. The normalized spacial score (nSPS) is 16.6.